The Labute approximate surface area is 126 Å². The quantitative estimate of drug-likeness (QED) is 0.499. The highest BCUT2D eigenvalue weighted by atomic mass is 32.2. The predicted molar refractivity (Wildman–Crippen MR) is 81.9 cm³/mol. The third-order valence-electron chi connectivity index (χ3n) is 4.18. The molecule has 0 aromatic carbocycles. The fourth-order valence-corrected chi connectivity index (χ4v) is 3.62. The van der Waals surface area contributed by atoms with Gasteiger partial charge in [0.05, 0.1) is 11.8 Å². The Morgan fingerprint density at radius 1 is 1.05 bits per heavy atom. The summed E-state index contributed by atoms with van der Waals surface area (Å²) in [7, 11) is 0. The normalized spacial score (nSPS) is 27.2. The Kier molecular flexibility index (Phi) is 7.78. The molecule has 0 aliphatic heterocycles. The molecule has 1 rings (SSSR count). The summed E-state index contributed by atoms with van der Waals surface area (Å²) in [5, 5.41) is 6.17. The van der Waals surface area contributed by atoms with Gasteiger partial charge in [-0.05, 0) is 57.9 Å². The molecule has 0 bridgehead atoms. The molecule has 120 valence electrons. The average Bonchev–Trinajstić information content (AvgIpc) is 2.37. The maximum Gasteiger partial charge on any atom is 0.167 e. The number of nitrogens with one attached hydrogen (secondary N) is 2. The maximum absolute atomic E-state index is 10.7. The van der Waals surface area contributed by atoms with Crippen LogP contribution in [0, 0.1) is 11.8 Å². The van der Waals surface area contributed by atoms with E-state index in [2.05, 4.69) is 24.5 Å². The molecular formula is C12H26N2O4S2. The van der Waals surface area contributed by atoms with Crippen molar-refractivity contribution in [3.05, 3.63) is 0 Å². The maximum atomic E-state index is 10.7. The van der Waals surface area contributed by atoms with Crippen molar-refractivity contribution < 1.29 is 17.5 Å². The van der Waals surface area contributed by atoms with Crippen molar-refractivity contribution in [3.8, 4) is 0 Å². The van der Waals surface area contributed by atoms with Crippen LogP contribution in [0.15, 0.2) is 0 Å². The zero-order chi connectivity index (χ0) is 15.2. The first-order valence-corrected chi connectivity index (χ1v) is 9.47. The average molecular weight is 326 g/mol. The Bertz CT molecular complexity index is 344. The van der Waals surface area contributed by atoms with E-state index in [1.54, 1.807) is 0 Å². The minimum absolute atomic E-state index is 0.108. The second-order valence-corrected chi connectivity index (χ2v) is 7.87. The molecular weight excluding hydrogens is 300 g/mol. The first kappa shape index (κ1) is 18.2. The zero-order valence-electron chi connectivity index (χ0n) is 12.1. The summed E-state index contributed by atoms with van der Waals surface area (Å²) >= 11 is -3.58. The van der Waals surface area contributed by atoms with Crippen molar-refractivity contribution in [2.45, 2.75) is 45.1 Å². The van der Waals surface area contributed by atoms with Crippen molar-refractivity contribution >= 4 is 22.2 Å². The van der Waals surface area contributed by atoms with Crippen LogP contribution in [0.25, 0.3) is 0 Å². The van der Waals surface area contributed by atoms with Crippen LogP contribution in [0.2, 0.25) is 0 Å². The van der Waals surface area contributed by atoms with E-state index in [0.29, 0.717) is 11.8 Å². The van der Waals surface area contributed by atoms with Gasteiger partial charge in [-0.1, -0.05) is 0 Å². The molecule has 1 fully saturated rings. The van der Waals surface area contributed by atoms with Gasteiger partial charge in [-0.25, -0.2) is 8.42 Å². The largest absolute Gasteiger partial charge is 0.305 e. The summed E-state index contributed by atoms with van der Waals surface area (Å²) in [5.74, 6) is 1.29. The summed E-state index contributed by atoms with van der Waals surface area (Å²) in [6, 6.07) is 0. The molecule has 4 N–H and O–H groups in total. The summed E-state index contributed by atoms with van der Waals surface area (Å²) < 4.78 is 38.8. The van der Waals surface area contributed by atoms with Crippen LogP contribution in [-0.2, 0) is 22.2 Å². The van der Waals surface area contributed by atoms with E-state index in [9.17, 15) is 8.42 Å². The molecule has 0 heterocycles. The van der Waals surface area contributed by atoms with Crippen LogP contribution < -0.4 is 10.6 Å². The van der Waals surface area contributed by atoms with Gasteiger partial charge in [-0.3, -0.25) is 5.32 Å². The lowest BCUT2D eigenvalue weighted by atomic mass is 9.73. The molecule has 1 aliphatic carbocycles. The van der Waals surface area contributed by atoms with E-state index in [4.69, 9.17) is 9.11 Å². The topological polar surface area (TPSA) is 98.7 Å². The molecule has 0 radical (unpaired) electrons. The summed E-state index contributed by atoms with van der Waals surface area (Å²) in [4.78, 5) is 0. The summed E-state index contributed by atoms with van der Waals surface area (Å²) in [5.41, 5.74) is -0.136. The second kappa shape index (κ2) is 8.55. The van der Waals surface area contributed by atoms with Gasteiger partial charge in [0.1, 0.15) is 0 Å². The Morgan fingerprint density at radius 3 is 2.10 bits per heavy atom. The SMILES string of the molecule is CC(C)(NCS(=O)O)C1CCC(CNCS(=O)O)CC1. The first-order valence-electron chi connectivity index (χ1n) is 6.92. The van der Waals surface area contributed by atoms with Crippen molar-refractivity contribution in [2.24, 2.45) is 11.8 Å². The predicted octanol–water partition coefficient (Wildman–Crippen LogP) is 1.11. The van der Waals surface area contributed by atoms with Gasteiger partial charge in [-0.2, -0.15) is 0 Å². The molecule has 1 saturated carbocycles. The molecule has 0 aromatic heterocycles. The molecule has 1 aliphatic rings. The van der Waals surface area contributed by atoms with Gasteiger partial charge < -0.3 is 14.4 Å². The van der Waals surface area contributed by atoms with E-state index in [0.717, 1.165) is 32.2 Å². The van der Waals surface area contributed by atoms with Crippen molar-refractivity contribution in [1.29, 1.82) is 0 Å². The Morgan fingerprint density at radius 2 is 1.60 bits per heavy atom. The fourth-order valence-electron chi connectivity index (χ4n) is 2.83. The van der Waals surface area contributed by atoms with Crippen LogP contribution in [0.5, 0.6) is 0 Å². The molecule has 0 amide bonds. The number of hydrogen-bond donors (Lipinski definition) is 4. The van der Waals surface area contributed by atoms with Crippen LogP contribution in [0.4, 0.5) is 0 Å². The van der Waals surface area contributed by atoms with Crippen molar-refractivity contribution in [2.75, 3.05) is 18.3 Å². The van der Waals surface area contributed by atoms with Gasteiger partial charge in [0.2, 0.25) is 0 Å². The number of rotatable bonds is 8. The minimum Gasteiger partial charge on any atom is -0.305 e. The molecule has 20 heavy (non-hydrogen) atoms. The standard InChI is InChI=1S/C12H26N2O4S2/c1-12(2,14-9-20(17)18)11-5-3-10(4-6-11)7-13-8-19(15)16/h10-11,13-14H,3-9H2,1-2H3,(H,15,16)(H,17,18). The van der Waals surface area contributed by atoms with Crippen molar-refractivity contribution in [3.63, 3.8) is 0 Å². The second-order valence-electron chi connectivity index (χ2n) is 6.00. The smallest absolute Gasteiger partial charge is 0.167 e. The minimum atomic E-state index is -1.81. The lowest BCUT2D eigenvalue weighted by Gasteiger charge is -2.40. The van der Waals surface area contributed by atoms with E-state index in [1.165, 1.54) is 0 Å². The Balaban J connectivity index is 2.30. The molecule has 2 unspecified atom stereocenters. The van der Waals surface area contributed by atoms with E-state index in [-0.39, 0.29) is 17.3 Å². The molecule has 8 heteroatoms. The summed E-state index contributed by atoms with van der Waals surface area (Å²) in [6.45, 7) is 4.95. The van der Waals surface area contributed by atoms with E-state index >= 15 is 0 Å². The zero-order valence-corrected chi connectivity index (χ0v) is 13.8. The first-order chi connectivity index (χ1) is 9.31. The van der Waals surface area contributed by atoms with Gasteiger partial charge in [-0.15, -0.1) is 0 Å². The lowest BCUT2D eigenvalue weighted by molar-refractivity contribution is 0.169. The molecule has 0 saturated heterocycles. The van der Waals surface area contributed by atoms with Crippen LogP contribution in [-0.4, -0.2) is 41.4 Å². The molecule has 2 atom stereocenters. The fraction of sp³-hybridized carbons (Fsp3) is 1.00. The highest BCUT2D eigenvalue weighted by Crippen LogP contribution is 2.35. The third kappa shape index (κ3) is 6.73. The number of hydrogen-bond acceptors (Lipinski definition) is 4. The van der Waals surface area contributed by atoms with Gasteiger partial charge in [0.15, 0.2) is 22.2 Å². The highest BCUT2D eigenvalue weighted by Gasteiger charge is 2.32. The Hall–Kier alpha value is 0.140. The third-order valence-corrected chi connectivity index (χ3v) is 5.02. The van der Waals surface area contributed by atoms with Crippen LogP contribution in [0.1, 0.15) is 39.5 Å². The summed E-state index contributed by atoms with van der Waals surface area (Å²) in [6.07, 6.45) is 4.32. The lowest BCUT2D eigenvalue weighted by Crippen LogP contribution is -2.48. The van der Waals surface area contributed by atoms with E-state index in [1.807, 2.05) is 0 Å². The van der Waals surface area contributed by atoms with Gasteiger partial charge in [0.25, 0.3) is 0 Å². The highest BCUT2D eigenvalue weighted by molar-refractivity contribution is 7.79. The van der Waals surface area contributed by atoms with Crippen LogP contribution >= 0.6 is 0 Å². The molecule has 6 nitrogen and oxygen atoms in total. The van der Waals surface area contributed by atoms with Gasteiger partial charge in [0, 0.05) is 5.54 Å². The van der Waals surface area contributed by atoms with Gasteiger partial charge >= 0.3 is 0 Å². The molecule has 0 spiro atoms. The van der Waals surface area contributed by atoms with Crippen LogP contribution in [0.3, 0.4) is 0 Å². The molecule has 0 aromatic rings. The monoisotopic (exact) mass is 326 g/mol. The van der Waals surface area contributed by atoms with E-state index < -0.39 is 22.2 Å². The van der Waals surface area contributed by atoms with Crippen molar-refractivity contribution in [1.82, 2.24) is 10.6 Å².